The van der Waals surface area contributed by atoms with Crippen molar-refractivity contribution in [3.8, 4) is 0 Å². The van der Waals surface area contributed by atoms with Crippen molar-refractivity contribution in [2.24, 2.45) is 5.92 Å². The fraction of sp³-hybridized carbons (Fsp3) is 0.875. The quantitative estimate of drug-likeness (QED) is 0.380. The molecule has 0 aromatic rings. The Morgan fingerprint density at radius 3 is 1.91 bits per heavy atom. The van der Waals surface area contributed by atoms with Gasteiger partial charge < -0.3 is 0 Å². The minimum Gasteiger partial charge on any atom is -0.299 e. The zero-order valence-electron chi connectivity index (χ0n) is 8.13. The molecule has 0 aromatic carbocycles. The van der Waals surface area contributed by atoms with Crippen LogP contribution in [0.25, 0.3) is 0 Å². The molecule has 0 rings (SSSR count). The summed E-state index contributed by atoms with van der Waals surface area (Å²) in [5.41, 5.74) is 0. The highest BCUT2D eigenvalue weighted by Crippen LogP contribution is 2.08. The Bertz CT molecular complexity index is 123. The topological polar surface area (TPSA) is 30.3 Å². The summed E-state index contributed by atoms with van der Waals surface area (Å²) < 4.78 is 0. The molecule has 0 aliphatic carbocycles. The van der Waals surface area contributed by atoms with E-state index in [0.717, 1.165) is 0 Å². The first-order valence-electron chi connectivity index (χ1n) is 3.96. The lowest BCUT2D eigenvalue weighted by atomic mass is 10.1. The summed E-state index contributed by atoms with van der Waals surface area (Å²) in [6, 6.07) is 0.474. The van der Waals surface area contributed by atoms with E-state index in [9.17, 15) is 0 Å². The van der Waals surface area contributed by atoms with Crippen LogP contribution in [-0.2, 0) is 0 Å². The average molecular weight is 157 g/mol. The van der Waals surface area contributed by atoms with E-state index in [-0.39, 0.29) is 0 Å². The van der Waals surface area contributed by atoms with E-state index in [2.05, 4.69) is 25.8 Å². The van der Waals surface area contributed by atoms with Gasteiger partial charge in [0, 0.05) is 20.1 Å². The van der Waals surface area contributed by atoms with Gasteiger partial charge >= 0.3 is 0 Å². The molecule has 0 spiro atoms. The molecule has 66 valence electrons. The van der Waals surface area contributed by atoms with Crippen LogP contribution in [0.2, 0.25) is 0 Å². The van der Waals surface area contributed by atoms with Crippen LogP contribution in [0.4, 0.5) is 0 Å². The smallest absolute Gasteiger partial charge is 0.0959 e. The Balaban J connectivity index is 4.00. The summed E-state index contributed by atoms with van der Waals surface area (Å²) in [5.74, 6) is 0.613. The fourth-order valence-corrected chi connectivity index (χ4v) is 0.810. The third kappa shape index (κ3) is 2.89. The average Bonchev–Trinajstić information content (AvgIpc) is 2.00. The van der Waals surface area contributed by atoms with Crippen LogP contribution in [0.5, 0.6) is 0 Å². The number of nitrogens with zero attached hydrogens (tertiary/aromatic N) is 2. The Kier molecular flexibility index (Phi) is 4.11. The first-order valence-corrected chi connectivity index (χ1v) is 3.96. The van der Waals surface area contributed by atoms with Crippen LogP contribution in [0.3, 0.4) is 0 Å². The third-order valence-electron chi connectivity index (χ3n) is 2.24. The zero-order chi connectivity index (χ0) is 9.02. The maximum Gasteiger partial charge on any atom is 0.0959 e. The second-order valence-electron chi connectivity index (χ2n) is 3.26. The van der Waals surface area contributed by atoms with Gasteiger partial charge in [0.2, 0.25) is 0 Å². The Hall–Kier alpha value is -0.570. The molecule has 3 heteroatoms. The van der Waals surface area contributed by atoms with E-state index < -0.39 is 0 Å². The van der Waals surface area contributed by atoms with Crippen molar-refractivity contribution in [3.05, 3.63) is 0 Å². The van der Waals surface area contributed by atoms with Gasteiger partial charge in [0.1, 0.15) is 0 Å². The minimum absolute atomic E-state index is 0.474. The number of rotatable bonds is 4. The van der Waals surface area contributed by atoms with Gasteiger partial charge in [-0.1, -0.05) is 13.8 Å². The summed E-state index contributed by atoms with van der Waals surface area (Å²) in [7, 11) is 3.88. The van der Waals surface area contributed by atoms with Gasteiger partial charge in [0.05, 0.1) is 6.34 Å². The SMILES string of the molecule is CC(C)[C@H](C)N(C)N(C)C=N. The fourth-order valence-electron chi connectivity index (χ4n) is 0.810. The van der Waals surface area contributed by atoms with E-state index in [4.69, 9.17) is 5.41 Å². The van der Waals surface area contributed by atoms with Crippen LogP contribution in [-0.4, -0.2) is 36.5 Å². The molecule has 0 aliphatic heterocycles. The molecule has 0 fully saturated rings. The second-order valence-corrected chi connectivity index (χ2v) is 3.26. The summed E-state index contributed by atoms with van der Waals surface area (Å²) in [6.07, 6.45) is 1.32. The lowest BCUT2D eigenvalue weighted by Gasteiger charge is -2.33. The highest BCUT2D eigenvalue weighted by Gasteiger charge is 2.14. The van der Waals surface area contributed by atoms with Crippen molar-refractivity contribution in [2.75, 3.05) is 14.1 Å². The zero-order valence-corrected chi connectivity index (χ0v) is 8.13. The number of hydrazine groups is 1. The molecule has 0 bridgehead atoms. The molecule has 0 aliphatic rings. The van der Waals surface area contributed by atoms with Crippen LogP contribution >= 0.6 is 0 Å². The van der Waals surface area contributed by atoms with Crippen molar-refractivity contribution >= 4 is 6.34 Å². The van der Waals surface area contributed by atoms with Crippen LogP contribution < -0.4 is 0 Å². The highest BCUT2D eigenvalue weighted by atomic mass is 15.6. The van der Waals surface area contributed by atoms with E-state index in [1.165, 1.54) is 6.34 Å². The predicted molar refractivity (Wildman–Crippen MR) is 48.6 cm³/mol. The normalized spacial score (nSPS) is 13.7. The van der Waals surface area contributed by atoms with Crippen molar-refractivity contribution in [1.29, 1.82) is 5.41 Å². The first-order chi connectivity index (χ1) is 5.00. The van der Waals surface area contributed by atoms with Crippen LogP contribution in [0.1, 0.15) is 20.8 Å². The van der Waals surface area contributed by atoms with Crippen molar-refractivity contribution in [1.82, 2.24) is 10.0 Å². The number of hydrogen-bond acceptors (Lipinski definition) is 2. The molecular weight excluding hydrogens is 138 g/mol. The number of hydrogen-bond donors (Lipinski definition) is 1. The van der Waals surface area contributed by atoms with E-state index in [1.54, 1.807) is 5.01 Å². The lowest BCUT2D eigenvalue weighted by molar-refractivity contribution is 0.0424. The molecular formula is C8H19N3. The molecule has 0 saturated carbocycles. The second kappa shape index (κ2) is 4.34. The van der Waals surface area contributed by atoms with Crippen molar-refractivity contribution < 1.29 is 0 Å². The van der Waals surface area contributed by atoms with Gasteiger partial charge in [-0.25, -0.2) is 5.01 Å². The predicted octanol–water partition coefficient (Wildman–Crippen LogP) is 1.42. The largest absolute Gasteiger partial charge is 0.299 e. The van der Waals surface area contributed by atoms with Gasteiger partial charge in [0.25, 0.3) is 0 Å². The van der Waals surface area contributed by atoms with Gasteiger partial charge in [-0.3, -0.25) is 10.4 Å². The first kappa shape index (κ1) is 10.4. The molecule has 0 saturated heterocycles. The van der Waals surface area contributed by atoms with Gasteiger partial charge in [0.15, 0.2) is 0 Å². The molecule has 0 aromatic heterocycles. The summed E-state index contributed by atoms with van der Waals surface area (Å²) >= 11 is 0. The third-order valence-corrected chi connectivity index (χ3v) is 2.24. The summed E-state index contributed by atoms with van der Waals surface area (Å²) in [4.78, 5) is 0. The maximum absolute atomic E-state index is 7.03. The van der Waals surface area contributed by atoms with Gasteiger partial charge in [-0.05, 0) is 12.8 Å². The Morgan fingerprint density at radius 2 is 1.64 bits per heavy atom. The standard InChI is InChI=1S/C8H19N3/c1-7(2)8(3)11(5)10(4)6-9/h6-9H,1-5H3/t8-/m0/s1. The lowest BCUT2D eigenvalue weighted by Crippen LogP contribution is -2.43. The molecule has 0 amide bonds. The molecule has 11 heavy (non-hydrogen) atoms. The number of nitrogens with one attached hydrogen (secondary N) is 1. The van der Waals surface area contributed by atoms with Gasteiger partial charge in [-0.2, -0.15) is 0 Å². The van der Waals surface area contributed by atoms with Gasteiger partial charge in [-0.15, -0.1) is 0 Å². The maximum atomic E-state index is 7.03. The van der Waals surface area contributed by atoms with E-state index >= 15 is 0 Å². The van der Waals surface area contributed by atoms with Crippen molar-refractivity contribution in [2.45, 2.75) is 26.8 Å². The van der Waals surface area contributed by atoms with Crippen LogP contribution in [0.15, 0.2) is 0 Å². The van der Waals surface area contributed by atoms with Crippen LogP contribution in [0, 0.1) is 11.3 Å². The molecule has 0 heterocycles. The molecule has 0 unspecified atom stereocenters. The summed E-state index contributed by atoms with van der Waals surface area (Å²) in [5, 5.41) is 10.9. The van der Waals surface area contributed by atoms with Crippen molar-refractivity contribution in [3.63, 3.8) is 0 Å². The monoisotopic (exact) mass is 157 g/mol. The van der Waals surface area contributed by atoms with E-state index in [0.29, 0.717) is 12.0 Å². The Morgan fingerprint density at radius 1 is 1.18 bits per heavy atom. The summed E-state index contributed by atoms with van der Waals surface area (Å²) in [6.45, 7) is 6.52. The van der Waals surface area contributed by atoms with E-state index in [1.807, 2.05) is 14.1 Å². The molecule has 1 N–H and O–H groups in total. The molecule has 3 nitrogen and oxygen atoms in total. The molecule has 1 atom stereocenters. The Labute approximate surface area is 69.5 Å². The minimum atomic E-state index is 0.474. The molecule has 0 radical (unpaired) electrons. The highest BCUT2D eigenvalue weighted by molar-refractivity contribution is 5.48.